The van der Waals surface area contributed by atoms with Crippen molar-refractivity contribution in [1.82, 2.24) is 14.8 Å². The maximum atomic E-state index is 11.2. The predicted octanol–water partition coefficient (Wildman–Crippen LogP) is 1.75. The van der Waals surface area contributed by atoms with Crippen molar-refractivity contribution in [2.24, 2.45) is 7.05 Å². The second-order valence-corrected chi connectivity index (χ2v) is 3.55. The van der Waals surface area contributed by atoms with Gasteiger partial charge in [-0.05, 0) is 12.1 Å². The molecule has 0 aliphatic carbocycles. The molecule has 0 saturated heterocycles. The lowest BCUT2D eigenvalue weighted by atomic mass is 10.2. The van der Waals surface area contributed by atoms with Crippen LogP contribution in [0.2, 0.25) is 0 Å². The smallest absolute Gasteiger partial charge is 0.352 e. The number of carboxylic acid groups (broad SMARTS) is 1. The van der Waals surface area contributed by atoms with Crippen LogP contribution in [0, 0.1) is 0 Å². The Labute approximate surface area is 93.1 Å². The Bertz CT molecular complexity index is 804. The number of aryl methyl sites for hydroxylation is 1. The molecule has 0 atom stereocenters. The van der Waals surface area contributed by atoms with E-state index < -0.39 is 5.97 Å². The summed E-state index contributed by atoms with van der Waals surface area (Å²) in [5, 5.41) is 16.8. The van der Waals surface area contributed by atoms with Gasteiger partial charge in [0.05, 0.1) is 20.0 Å². The summed E-state index contributed by atoms with van der Waals surface area (Å²) in [4.78, 5) is 11.2. The first kappa shape index (κ1) is 7.05. The van der Waals surface area contributed by atoms with Crippen molar-refractivity contribution < 1.29 is 12.6 Å². The number of aromatic amines is 1. The number of carbonyl (C=O) groups is 1. The molecule has 3 rings (SSSR count). The Morgan fingerprint density at radius 1 is 1.69 bits per heavy atom. The lowest BCUT2D eigenvalue weighted by Crippen LogP contribution is -2.03. The molecule has 0 unspecified atom stereocenters. The van der Waals surface area contributed by atoms with E-state index in [0.29, 0.717) is 21.8 Å². The molecule has 5 nitrogen and oxygen atoms in total. The van der Waals surface area contributed by atoms with Gasteiger partial charge >= 0.3 is 5.97 Å². The quantitative estimate of drug-likeness (QED) is 0.652. The summed E-state index contributed by atoms with van der Waals surface area (Å²) in [7, 11) is 1.58. The van der Waals surface area contributed by atoms with E-state index in [1.807, 2.05) is 0 Å². The second-order valence-electron chi connectivity index (χ2n) is 3.55. The van der Waals surface area contributed by atoms with Crippen molar-refractivity contribution >= 4 is 27.8 Å². The standard InChI is InChI=1S/C11H9N3O2/c1-14-9(11(15)16)4-6-2-3-8-7(10(6)14)5-12-13-8/h2-5H,1H3,(H,12,13)(H,15,16)/i2D,4D. The highest BCUT2D eigenvalue weighted by Gasteiger charge is 2.14. The molecule has 3 aromatic rings. The Kier molecular flexibility index (Phi) is 1.26. The zero-order chi connectivity index (χ0) is 13.0. The zero-order valence-electron chi connectivity index (χ0n) is 10.4. The van der Waals surface area contributed by atoms with Gasteiger partial charge in [-0.2, -0.15) is 5.10 Å². The van der Waals surface area contributed by atoms with Gasteiger partial charge in [0.15, 0.2) is 0 Å². The maximum Gasteiger partial charge on any atom is 0.352 e. The monoisotopic (exact) mass is 217 g/mol. The number of nitrogens with zero attached hydrogens (tertiary/aromatic N) is 2. The number of benzene rings is 1. The highest BCUT2D eigenvalue weighted by molar-refractivity contribution is 6.07. The number of rotatable bonds is 1. The van der Waals surface area contributed by atoms with Crippen molar-refractivity contribution in [3.05, 3.63) is 30.0 Å². The van der Waals surface area contributed by atoms with E-state index in [2.05, 4.69) is 10.2 Å². The van der Waals surface area contributed by atoms with Crippen LogP contribution >= 0.6 is 0 Å². The summed E-state index contributed by atoms with van der Waals surface area (Å²) < 4.78 is 17.2. The van der Waals surface area contributed by atoms with Gasteiger partial charge in [-0.1, -0.05) is 6.04 Å². The lowest BCUT2D eigenvalue weighted by Gasteiger charge is -1.99. The van der Waals surface area contributed by atoms with Crippen LogP contribution in [0.15, 0.2) is 24.3 Å². The number of aromatic nitrogens is 3. The van der Waals surface area contributed by atoms with Crippen molar-refractivity contribution in [3.8, 4) is 0 Å². The highest BCUT2D eigenvalue weighted by atomic mass is 16.4. The van der Waals surface area contributed by atoms with Gasteiger partial charge in [0.2, 0.25) is 0 Å². The van der Waals surface area contributed by atoms with E-state index in [1.165, 1.54) is 4.57 Å². The first-order chi connectivity index (χ1) is 8.52. The first-order valence-electron chi connectivity index (χ1n) is 5.67. The van der Waals surface area contributed by atoms with Crippen molar-refractivity contribution in [2.45, 2.75) is 0 Å². The normalized spacial score (nSPS) is 13.1. The molecule has 2 N–H and O–H groups in total. The van der Waals surface area contributed by atoms with Gasteiger partial charge in [-0.15, -0.1) is 0 Å². The molecule has 0 saturated carbocycles. The third-order valence-corrected chi connectivity index (χ3v) is 2.64. The van der Waals surface area contributed by atoms with Crippen molar-refractivity contribution in [1.29, 1.82) is 0 Å². The van der Waals surface area contributed by atoms with Crippen LogP contribution in [0.4, 0.5) is 0 Å². The van der Waals surface area contributed by atoms with Crippen LogP contribution in [0.3, 0.4) is 0 Å². The number of nitrogens with one attached hydrogen (secondary N) is 1. The van der Waals surface area contributed by atoms with Crippen LogP contribution in [-0.2, 0) is 7.05 Å². The highest BCUT2D eigenvalue weighted by Crippen LogP contribution is 2.26. The van der Waals surface area contributed by atoms with Crippen LogP contribution in [0.25, 0.3) is 21.8 Å². The van der Waals surface area contributed by atoms with E-state index in [1.54, 1.807) is 19.3 Å². The Morgan fingerprint density at radius 2 is 2.50 bits per heavy atom. The average molecular weight is 217 g/mol. The largest absolute Gasteiger partial charge is 0.477 e. The summed E-state index contributed by atoms with van der Waals surface area (Å²) >= 11 is 0. The maximum absolute atomic E-state index is 11.2. The first-order valence-corrected chi connectivity index (χ1v) is 4.67. The summed E-state index contributed by atoms with van der Waals surface area (Å²) in [5.41, 5.74) is 1.09. The Morgan fingerprint density at radius 3 is 3.25 bits per heavy atom. The number of carboxylic acids is 1. The number of hydrogen-bond donors (Lipinski definition) is 2. The topological polar surface area (TPSA) is 70.9 Å². The molecule has 0 fully saturated rings. The number of fused-ring (bicyclic) bond motifs is 3. The fourth-order valence-corrected chi connectivity index (χ4v) is 1.90. The summed E-state index contributed by atoms with van der Waals surface area (Å²) in [6.45, 7) is 0. The van der Waals surface area contributed by atoms with Crippen LogP contribution < -0.4 is 0 Å². The summed E-state index contributed by atoms with van der Waals surface area (Å²) in [6, 6.07) is 1.54. The molecule has 16 heavy (non-hydrogen) atoms. The molecule has 0 bridgehead atoms. The molecular weight excluding hydrogens is 206 g/mol. The van der Waals surface area contributed by atoms with Gasteiger partial charge in [0, 0.05) is 17.8 Å². The minimum absolute atomic E-state index is 0.118. The molecule has 5 heteroatoms. The van der Waals surface area contributed by atoms with E-state index in [0.717, 1.165) is 0 Å². The van der Waals surface area contributed by atoms with Crippen LogP contribution in [0.1, 0.15) is 13.2 Å². The van der Waals surface area contributed by atoms with Gasteiger partial charge in [0.25, 0.3) is 0 Å². The van der Waals surface area contributed by atoms with E-state index >= 15 is 0 Å². The lowest BCUT2D eigenvalue weighted by molar-refractivity contribution is 0.0687. The fourth-order valence-electron chi connectivity index (χ4n) is 1.90. The molecular formula is C11H9N3O2. The van der Waals surface area contributed by atoms with Gasteiger partial charge in [-0.25, -0.2) is 4.79 Å². The molecule has 0 amide bonds. The summed E-state index contributed by atoms with van der Waals surface area (Å²) in [6.07, 6.45) is 1.57. The average Bonchev–Trinajstić information content (AvgIpc) is 2.82. The molecule has 2 heterocycles. The summed E-state index contributed by atoms with van der Waals surface area (Å²) in [5.74, 6) is -1.17. The molecule has 1 aromatic carbocycles. The van der Waals surface area contributed by atoms with E-state index in [4.69, 9.17) is 7.85 Å². The SMILES string of the molecule is [2H]c1cc2[nH]ncc2c2c1c([2H])c(C(=O)O)n2C. The van der Waals surface area contributed by atoms with E-state index in [-0.39, 0.29) is 17.8 Å². The number of hydrogen-bond acceptors (Lipinski definition) is 2. The Balaban J connectivity index is 2.65. The van der Waals surface area contributed by atoms with Gasteiger partial charge < -0.3 is 9.67 Å². The predicted molar refractivity (Wildman–Crippen MR) is 59.5 cm³/mol. The van der Waals surface area contributed by atoms with Crippen molar-refractivity contribution in [3.63, 3.8) is 0 Å². The number of aromatic carboxylic acids is 1. The fraction of sp³-hybridized carbons (Fsp3) is 0.0909. The molecule has 0 spiro atoms. The van der Waals surface area contributed by atoms with Crippen molar-refractivity contribution in [2.75, 3.05) is 0 Å². The number of H-pyrrole nitrogens is 1. The molecule has 80 valence electrons. The van der Waals surface area contributed by atoms with Gasteiger partial charge in [0.1, 0.15) is 5.69 Å². The molecule has 0 aliphatic heterocycles. The van der Waals surface area contributed by atoms with Gasteiger partial charge in [-0.3, -0.25) is 5.10 Å². The van der Waals surface area contributed by atoms with Crippen LogP contribution in [-0.4, -0.2) is 25.8 Å². The second kappa shape index (κ2) is 2.85. The zero-order valence-corrected chi connectivity index (χ0v) is 8.40. The minimum atomic E-state index is -1.17. The van der Waals surface area contributed by atoms with E-state index in [9.17, 15) is 4.79 Å². The third kappa shape index (κ3) is 0.995. The van der Waals surface area contributed by atoms with Crippen LogP contribution in [0.5, 0.6) is 0 Å². The molecule has 0 aliphatic rings. The minimum Gasteiger partial charge on any atom is -0.477 e. The Hall–Kier alpha value is -2.30. The molecule has 0 radical (unpaired) electrons. The third-order valence-electron chi connectivity index (χ3n) is 2.64. The molecule has 2 aromatic heterocycles.